The molecule has 4 nitrogen and oxygen atoms in total. The first-order valence-corrected chi connectivity index (χ1v) is 6.69. The van der Waals surface area contributed by atoms with Crippen LogP contribution in [0.4, 0.5) is 4.79 Å². The van der Waals surface area contributed by atoms with Crippen molar-refractivity contribution in [3.63, 3.8) is 0 Å². The lowest BCUT2D eigenvalue weighted by Crippen LogP contribution is -2.42. The third kappa shape index (κ3) is 4.94. The number of nitrogens with one attached hydrogen (secondary N) is 2. The molecule has 0 aliphatic heterocycles. The van der Waals surface area contributed by atoms with Crippen molar-refractivity contribution in [2.24, 2.45) is 11.8 Å². The van der Waals surface area contributed by atoms with Crippen molar-refractivity contribution in [3.05, 3.63) is 0 Å². The van der Waals surface area contributed by atoms with E-state index >= 15 is 0 Å². The predicted molar refractivity (Wildman–Crippen MR) is 71.1 cm³/mol. The van der Waals surface area contributed by atoms with Gasteiger partial charge in [0, 0.05) is 33.2 Å². The Kier molecular flexibility index (Phi) is 5.75. The lowest BCUT2D eigenvalue weighted by Gasteiger charge is -2.32. The van der Waals surface area contributed by atoms with Crippen LogP contribution in [0.15, 0.2) is 0 Å². The third-order valence-electron chi connectivity index (χ3n) is 3.84. The SMILES string of the molecule is CC1CCC(NCCNC(=O)N(C)C)CC1C. The van der Waals surface area contributed by atoms with E-state index < -0.39 is 0 Å². The molecule has 17 heavy (non-hydrogen) atoms. The lowest BCUT2D eigenvalue weighted by atomic mass is 9.79. The topological polar surface area (TPSA) is 44.4 Å². The molecule has 1 saturated carbocycles. The highest BCUT2D eigenvalue weighted by Crippen LogP contribution is 2.28. The molecule has 0 heterocycles. The Hall–Kier alpha value is -0.770. The molecule has 0 aromatic heterocycles. The van der Waals surface area contributed by atoms with Crippen molar-refractivity contribution in [3.8, 4) is 0 Å². The van der Waals surface area contributed by atoms with Crippen molar-refractivity contribution >= 4 is 6.03 Å². The van der Waals surface area contributed by atoms with Crippen LogP contribution in [0.1, 0.15) is 33.1 Å². The first-order valence-electron chi connectivity index (χ1n) is 6.69. The normalized spacial score (nSPS) is 28.8. The average Bonchev–Trinajstić information content (AvgIpc) is 2.28. The molecule has 0 radical (unpaired) electrons. The molecule has 1 fully saturated rings. The molecule has 0 bridgehead atoms. The van der Waals surface area contributed by atoms with Crippen molar-refractivity contribution in [2.45, 2.75) is 39.2 Å². The number of carbonyl (C=O) groups is 1. The summed E-state index contributed by atoms with van der Waals surface area (Å²) in [5.41, 5.74) is 0. The molecule has 0 spiro atoms. The molecule has 2 amide bonds. The van der Waals surface area contributed by atoms with E-state index in [1.165, 1.54) is 19.3 Å². The molecule has 3 unspecified atom stereocenters. The van der Waals surface area contributed by atoms with Gasteiger partial charge in [0.1, 0.15) is 0 Å². The summed E-state index contributed by atoms with van der Waals surface area (Å²) in [4.78, 5) is 12.8. The van der Waals surface area contributed by atoms with Gasteiger partial charge in [-0.15, -0.1) is 0 Å². The number of amides is 2. The van der Waals surface area contributed by atoms with Crippen LogP contribution < -0.4 is 10.6 Å². The Morgan fingerprint density at radius 3 is 2.47 bits per heavy atom. The number of nitrogens with zero attached hydrogens (tertiary/aromatic N) is 1. The highest BCUT2D eigenvalue weighted by Gasteiger charge is 2.23. The van der Waals surface area contributed by atoms with E-state index in [2.05, 4.69) is 24.5 Å². The maximum atomic E-state index is 11.3. The Morgan fingerprint density at radius 1 is 1.18 bits per heavy atom. The molecule has 100 valence electrons. The van der Waals surface area contributed by atoms with Crippen LogP contribution >= 0.6 is 0 Å². The van der Waals surface area contributed by atoms with Crippen molar-refractivity contribution in [1.82, 2.24) is 15.5 Å². The fraction of sp³-hybridized carbons (Fsp3) is 0.923. The van der Waals surface area contributed by atoms with Crippen molar-refractivity contribution in [1.29, 1.82) is 0 Å². The second-order valence-electron chi connectivity index (χ2n) is 5.55. The first kappa shape index (κ1) is 14.3. The summed E-state index contributed by atoms with van der Waals surface area (Å²) >= 11 is 0. The smallest absolute Gasteiger partial charge is 0.316 e. The molecule has 1 aliphatic rings. The minimum Gasteiger partial charge on any atom is -0.337 e. The number of hydrogen-bond donors (Lipinski definition) is 2. The summed E-state index contributed by atoms with van der Waals surface area (Å²) in [6.07, 6.45) is 3.86. The summed E-state index contributed by atoms with van der Waals surface area (Å²) in [5.74, 6) is 1.68. The van der Waals surface area contributed by atoms with E-state index in [4.69, 9.17) is 0 Å². The largest absolute Gasteiger partial charge is 0.337 e. The first-order chi connectivity index (χ1) is 8.00. The van der Waals surface area contributed by atoms with Crippen LogP contribution in [0.5, 0.6) is 0 Å². The van der Waals surface area contributed by atoms with Gasteiger partial charge in [-0.3, -0.25) is 0 Å². The van der Waals surface area contributed by atoms with Gasteiger partial charge in [-0.1, -0.05) is 13.8 Å². The third-order valence-corrected chi connectivity index (χ3v) is 3.84. The lowest BCUT2D eigenvalue weighted by molar-refractivity contribution is 0.214. The van der Waals surface area contributed by atoms with E-state index in [1.807, 2.05) is 0 Å². The molecular formula is C13H27N3O. The van der Waals surface area contributed by atoms with E-state index in [0.29, 0.717) is 12.6 Å². The van der Waals surface area contributed by atoms with Crippen LogP contribution in [0.2, 0.25) is 0 Å². The quantitative estimate of drug-likeness (QED) is 0.735. The van der Waals surface area contributed by atoms with Crippen LogP contribution in [0, 0.1) is 11.8 Å². The predicted octanol–water partition coefficient (Wildman–Crippen LogP) is 1.67. The zero-order chi connectivity index (χ0) is 12.8. The van der Waals surface area contributed by atoms with Crippen LogP contribution in [0.3, 0.4) is 0 Å². The fourth-order valence-corrected chi connectivity index (χ4v) is 2.34. The number of carbonyl (C=O) groups excluding carboxylic acids is 1. The van der Waals surface area contributed by atoms with Gasteiger partial charge in [0.15, 0.2) is 0 Å². The molecule has 2 N–H and O–H groups in total. The van der Waals surface area contributed by atoms with Crippen LogP contribution in [0.25, 0.3) is 0 Å². The standard InChI is InChI=1S/C13H27N3O/c1-10-5-6-12(9-11(10)2)14-7-8-15-13(17)16(3)4/h10-12,14H,5-9H2,1-4H3,(H,15,17). The maximum Gasteiger partial charge on any atom is 0.316 e. The summed E-state index contributed by atoms with van der Waals surface area (Å²) in [7, 11) is 3.51. The van der Waals surface area contributed by atoms with Gasteiger partial charge in [-0.05, 0) is 31.1 Å². The monoisotopic (exact) mass is 241 g/mol. The molecule has 0 aromatic carbocycles. The maximum absolute atomic E-state index is 11.3. The van der Waals surface area contributed by atoms with Crippen molar-refractivity contribution in [2.75, 3.05) is 27.2 Å². The minimum atomic E-state index is -0.0163. The van der Waals surface area contributed by atoms with E-state index in [-0.39, 0.29) is 6.03 Å². The number of rotatable bonds is 4. The highest BCUT2D eigenvalue weighted by atomic mass is 16.2. The molecular weight excluding hydrogens is 214 g/mol. The van der Waals surface area contributed by atoms with Crippen LogP contribution in [-0.4, -0.2) is 44.2 Å². The second kappa shape index (κ2) is 6.84. The zero-order valence-corrected chi connectivity index (χ0v) is 11.6. The Labute approximate surface area is 105 Å². The number of urea groups is 1. The van der Waals surface area contributed by atoms with Crippen LogP contribution in [-0.2, 0) is 0 Å². The minimum absolute atomic E-state index is 0.0163. The summed E-state index contributed by atoms with van der Waals surface area (Å²) in [6, 6.07) is 0.620. The molecule has 3 atom stereocenters. The summed E-state index contributed by atoms with van der Waals surface area (Å²) in [6.45, 7) is 6.26. The van der Waals surface area contributed by atoms with Gasteiger partial charge in [0.2, 0.25) is 0 Å². The van der Waals surface area contributed by atoms with E-state index in [1.54, 1.807) is 19.0 Å². The van der Waals surface area contributed by atoms with Gasteiger partial charge in [0.05, 0.1) is 0 Å². The Morgan fingerprint density at radius 2 is 1.88 bits per heavy atom. The molecule has 0 saturated heterocycles. The van der Waals surface area contributed by atoms with Gasteiger partial charge in [-0.2, -0.15) is 0 Å². The summed E-state index contributed by atoms with van der Waals surface area (Å²) in [5, 5.41) is 6.40. The fourth-order valence-electron chi connectivity index (χ4n) is 2.34. The zero-order valence-electron chi connectivity index (χ0n) is 11.6. The molecule has 1 rings (SSSR count). The molecule has 0 aromatic rings. The summed E-state index contributed by atoms with van der Waals surface area (Å²) < 4.78 is 0. The average molecular weight is 241 g/mol. The second-order valence-corrected chi connectivity index (χ2v) is 5.55. The highest BCUT2D eigenvalue weighted by molar-refractivity contribution is 5.73. The Balaban J connectivity index is 2.09. The van der Waals surface area contributed by atoms with E-state index in [0.717, 1.165) is 18.4 Å². The van der Waals surface area contributed by atoms with Gasteiger partial charge in [-0.25, -0.2) is 4.79 Å². The molecule has 1 aliphatic carbocycles. The Bertz CT molecular complexity index is 243. The van der Waals surface area contributed by atoms with Gasteiger partial charge >= 0.3 is 6.03 Å². The molecule has 4 heteroatoms. The van der Waals surface area contributed by atoms with Gasteiger partial charge in [0.25, 0.3) is 0 Å². The van der Waals surface area contributed by atoms with Crippen molar-refractivity contribution < 1.29 is 4.79 Å². The number of hydrogen-bond acceptors (Lipinski definition) is 2. The van der Waals surface area contributed by atoms with Gasteiger partial charge < -0.3 is 15.5 Å². The van der Waals surface area contributed by atoms with E-state index in [9.17, 15) is 4.79 Å².